The van der Waals surface area contributed by atoms with E-state index in [9.17, 15) is 10.2 Å². The van der Waals surface area contributed by atoms with Gasteiger partial charge < -0.3 is 15.3 Å². The van der Waals surface area contributed by atoms with Gasteiger partial charge in [0, 0.05) is 13.0 Å². The second-order valence-corrected chi connectivity index (χ2v) is 2.88. The molecule has 3 N–H and O–H groups in total. The quantitative estimate of drug-likeness (QED) is 0.533. The largest absolute Gasteiger partial charge is 0.396 e. The number of hydrogen-bond acceptors (Lipinski definition) is 3. The molecule has 0 radical (unpaired) electrons. The third-order valence-electron chi connectivity index (χ3n) is 1.61. The first-order valence-corrected chi connectivity index (χ1v) is 4.47. The minimum absolute atomic E-state index is 0.0491. The molecule has 0 saturated carbocycles. The highest BCUT2D eigenvalue weighted by Gasteiger charge is 2.07. The first-order valence-electron chi connectivity index (χ1n) is 4.47. The van der Waals surface area contributed by atoms with Crippen LogP contribution in [0.5, 0.6) is 0 Å². The van der Waals surface area contributed by atoms with E-state index >= 15 is 0 Å². The van der Waals surface area contributed by atoms with Crippen LogP contribution in [0.2, 0.25) is 0 Å². The molecule has 0 rings (SSSR count). The van der Waals surface area contributed by atoms with Crippen LogP contribution in [-0.2, 0) is 0 Å². The van der Waals surface area contributed by atoms with Crippen molar-refractivity contribution in [1.82, 2.24) is 0 Å². The highest BCUT2D eigenvalue weighted by molar-refractivity contribution is 5.03. The SMILES string of the molecule is C/C=C/C=C/C(O)CC(O)CCO. The second kappa shape index (κ2) is 7.98. The summed E-state index contributed by atoms with van der Waals surface area (Å²) in [5, 5.41) is 27.0. The predicted octanol–water partition coefficient (Wildman–Crippen LogP) is 0.613. The highest BCUT2D eigenvalue weighted by atomic mass is 16.3. The van der Waals surface area contributed by atoms with Crippen LogP contribution < -0.4 is 0 Å². The van der Waals surface area contributed by atoms with Crippen molar-refractivity contribution in [2.45, 2.75) is 32.0 Å². The zero-order valence-electron chi connectivity index (χ0n) is 7.93. The molecule has 76 valence electrons. The first-order chi connectivity index (χ1) is 6.20. The monoisotopic (exact) mass is 186 g/mol. The van der Waals surface area contributed by atoms with Gasteiger partial charge in [0.1, 0.15) is 0 Å². The number of aliphatic hydroxyl groups excluding tert-OH is 3. The van der Waals surface area contributed by atoms with Crippen molar-refractivity contribution >= 4 is 0 Å². The van der Waals surface area contributed by atoms with E-state index in [-0.39, 0.29) is 13.0 Å². The van der Waals surface area contributed by atoms with E-state index < -0.39 is 12.2 Å². The maximum atomic E-state index is 9.31. The molecule has 0 spiro atoms. The van der Waals surface area contributed by atoms with Gasteiger partial charge in [0.15, 0.2) is 0 Å². The lowest BCUT2D eigenvalue weighted by Crippen LogP contribution is -2.16. The molecule has 0 aliphatic rings. The summed E-state index contributed by atoms with van der Waals surface area (Å²) in [6.07, 6.45) is 6.32. The molecule has 0 amide bonds. The summed E-state index contributed by atoms with van der Waals surface area (Å²) >= 11 is 0. The van der Waals surface area contributed by atoms with Crippen molar-refractivity contribution < 1.29 is 15.3 Å². The maximum Gasteiger partial charge on any atom is 0.0748 e. The van der Waals surface area contributed by atoms with Gasteiger partial charge in [-0.05, 0) is 13.3 Å². The number of aliphatic hydroxyl groups is 3. The lowest BCUT2D eigenvalue weighted by Gasteiger charge is -2.10. The summed E-state index contributed by atoms with van der Waals surface area (Å²) in [7, 11) is 0. The van der Waals surface area contributed by atoms with Crippen LogP contribution in [-0.4, -0.2) is 34.1 Å². The lowest BCUT2D eigenvalue weighted by molar-refractivity contribution is 0.0825. The lowest BCUT2D eigenvalue weighted by atomic mass is 10.1. The summed E-state index contributed by atoms with van der Waals surface area (Å²) in [6.45, 7) is 1.84. The molecular formula is C10H18O3. The Labute approximate surface area is 79.0 Å². The van der Waals surface area contributed by atoms with Crippen molar-refractivity contribution in [2.24, 2.45) is 0 Å². The Balaban J connectivity index is 3.66. The van der Waals surface area contributed by atoms with Crippen molar-refractivity contribution in [1.29, 1.82) is 0 Å². The Bertz CT molecular complexity index is 164. The summed E-state index contributed by atoms with van der Waals surface area (Å²) in [6, 6.07) is 0. The molecule has 13 heavy (non-hydrogen) atoms. The Hall–Kier alpha value is -0.640. The Morgan fingerprint density at radius 3 is 2.46 bits per heavy atom. The molecule has 0 aliphatic heterocycles. The zero-order chi connectivity index (χ0) is 10.1. The van der Waals surface area contributed by atoms with Gasteiger partial charge in [0.25, 0.3) is 0 Å². The van der Waals surface area contributed by atoms with E-state index in [2.05, 4.69) is 0 Å². The molecule has 0 heterocycles. The fourth-order valence-corrected chi connectivity index (χ4v) is 0.928. The normalized spacial score (nSPS) is 16.9. The molecule has 2 atom stereocenters. The van der Waals surface area contributed by atoms with Crippen molar-refractivity contribution in [3.05, 3.63) is 24.3 Å². The number of allylic oxidation sites excluding steroid dienone is 3. The molecule has 0 aromatic heterocycles. The second-order valence-electron chi connectivity index (χ2n) is 2.88. The van der Waals surface area contributed by atoms with Crippen LogP contribution in [0.1, 0.15) is 19.8 Å². The third kappa shape index (κ3) is 7.71. The first kappa shape index (κ1) is 12.4. The number of hydrogen-bond donors (Lipinski definition) is 3. The van der Waals surface area contributed by atoms with Crippen LogP contribution in [0, 0.1) is 0 Å². The molecule has 0 saturated heterocycles. The highest BCUT2D eigenvalue weighted by Crippen LogP contribution is 2.03. The summed E-state index contributed by atoms with van der Waals surface area (Å²) in [4.78, 5) is 0. The molecule has 3 nitrogen and oxygen atoms in total. The van der Waals surface area contributed by atoms with Crippen LogP contribution in [0.3, 0.4) is 0 Å². The third-order valence-corrected chi connectivity index (χ3v) is 1.61. The average molecular weight is 186 g/mol. The Morgan fingerprint density at radius 2 is 1.92 bits per heavy atom. The maximum absolute atomic E-state index is 9.31. The fraction of sp³-hybridized carbons (Fsp3) is 0.600. The van der Waals surface area contributed by atoms with Crippen LogP contribution in [0.15, 0.2) is 24.3 Å². The van der Waals surface area contributed by atoms with E-state index in [1.165, 1.54) is 0 Å². The Morgan fingerprint density at radius 1 is 1.23 bits per heavy atom. The zero-order valence-corrected chi connectivity index (χ0v) is 7.93. The smallest absolute Gasteiger partial charge is 0.0748 e. The van der Waals surface area contributed by atoms with Crippen LogP contribution in [0.4, 0.5) is 0 Å². The van der Waals surface area contributed by atoms with Gasteiger partial charge in [0.05, 0.1) is 12.2 Å². The predicted molar refractivity (Wildman–Crippen MR) is 52.3 cm³/mol. The van der Waals surface area contributed by atoms with Gasteiger partial charge in [-0.25, -0.2) is 0 Å². The van der Waals surface area contributed by atoms with E-state index in [0.29, 0.717) is 6.42 Å². The van der Waals surface area contributed by atoms with Crippen molar-refractivity contribution in [3.8, 4) is 0 Å². The van der Waals surface area contributed by atoms with Gasteiger partial charge in [-0.1, -0.05) is 24.3 Å². The standard InChI is InChI=1S/C10H18O3/c1-2-3-4-5-9(12)8-10(13)6-7-11/h2-5,9-13H,6-8H2,1H3/b3-2+,5-4+. The topological polar surface area (TPSA) is 60.7 Å². The molecule has 3 heteroatoms. The minimum Gasteiger partial charge on any atom is -0.396 e. The molecule has 0 bridgehead atoms. The van der Waals surface area contributed by atoms with Gasteiger partial charge in [-0.2, -0.15) is 0 Å². The summed E-state index contributed by atoms with van der Waals surface area (Å²) < 4.78 is 0. The molecular weight excluding hydrogens is 168 g/mol. The van der Waals surface area contributed by atoms with Crippen LogP contribution in [0.25, 0.3) is 0 Å². The molecule has 2 unspecified atom stereocenters. The van der Waals surface area contributed by atoms with Gasteiger partial charge in [-0.15, -0.1) is 0 Å². The summed E-state index contributed by atoms with van der Waals surface area (Å²) in [5.74, 6) is 0. The molecule has 0 aromatic rings. The van der Waals surface area contributed by atoms with E-state index in [0.717, 1.165) is 0 Å². The molecule has 0 aromatic carbocycles. The van der Waals surface area contributed by atoms with E-state index in [4.69, 9.17) is 5.11 Å². The number of rotatable bonds is 6. The summed E-state index contributed by atoms with van der Waals surface area (Å²) in [5.41, 5.74) is 0. The minimum atomic E-state index is -0.641. The molecule has 0 aliphatic carbocycles. The molecule has 0 fully saturated rings. The van der Waals surface area contributed by atoms with Crippen molar-refractivity contribution in [2.75, 3.05) is 6.61 Å². The van der Waals surface area contributed by atoms with Crippen molar-refractivity contribution in [3.63, 3.8) is 0 Å². The van der Waals surface area contributed by atoms with E-state index in [1.807, 2.05) is 19.1 Å². The van der Waals surface area contributed by atoms with Gasteiger partial charge in [0.2, 0.25) is 0 Å². The average Bonchev–Trinajstić information content (AvgIpc) is 2.05. The van der Waals surface area contributed by atoms with Gasteiger partial charge >= 0.3 is 0 Å². The fourth-order valence-electron chi connectivity index (χ4n) is 0.928. The van der Waals surface area contributed by atoms with Crippen LogP contribution >= 0.6 is 0 Å². The Kier molecular flexibility index (Phi) is 7.59. The van der Waals surface area contributed by atoms with Gasteiger partial charge in [-0.3, -0.25) is 0 Å². The van der Waals surface area contributed by atoms with E-state index in [1.54, 1.807) is 12.2 Å².